The fraction of sp³-hybridized carbons (Fsp3) is 0.520. The first kappa shape index (κ1) is 28.9. The maximum Gasteiger partial charge on any atom is 0.200 e. The van der Waals surface area contributed by atoms with Gasteiger partial charge >= 0.3 is 0 Å². The van der Waals surface area contributed by atoms with Crippen molar-refractivity contribution in [1.29, 1.82) is 0 Å². The van der Waals surface area contributed by atoms with Crippen molar-refractivity contribution in [3.05, 3.63) is 72.1 Å². The molecule has 0 aliphatic rings. The van der Waals surface area contributed by atoms with Crippen LogP contribution in [0.15, 0.2) is 72.1 Å². The number of hydrogen-bond donors (Lipinski definition) is 1. The fourth-order valence-electron chi connectivity index (χ4n) is 2.80. The summed E-state index contributed by atoms with van der Waals surface area (Å²) in [6, 6.07) is 0. The molecule has 31 heavy (non-hydrogen) atoms. The minimum atomic E-state index is -1.21. The molecular weight excluding hydrogens is 408 g/mol. The van der Waals surface area contributed by atoms with Crippen LogP contribution >= 0.6 is 0 Å². The Balaban J connectivity index is 5.08. The molecule has 0 heterocycles. The third kappa shape index (κ3) is 8.90. The number of ether oxygens (including phenoxy) is 1. The molecule has 0 saturated carbocycles. The van der Waals surface area contributed by atoms with E-state index in [2.05, 4.69) is 31.1 Å². The number of rotatable bonds is 14. The summed E-state index contributed by atoms with van der Waals surface area (Å²) in [5.74, 6) is -6.09. The molecule has 0 radical (unpaired) electrons. The average molecular weight is 445 g/mol. The molecule has 0 fully saturated rings. The Kier molecular flexibility index (Phi) is 12.5. The lowest BCUT2D eigenvalue weighted by Gasteiger charge is -2.20. The lowest BCUT2D eigenvalue weighted by Crippen LogP contribution is -2.09. The van der Waals surface area contributed by atoms with Gasteiger partial charge in [-0.05, 0) is 67.1 Å². The molecule has 0 aliphatic heterocycles. The highest BCUT2D eigenvalue weighted by Gasteiger charge is 2.23. The van der Waals surface area contributed by atoms with E-state index in [9.17, 15) is 22.7 Å². The van der Waals surface area contributed by atoms with Crippen LogP contribution in [0.25, 0.3) is 0 Å². The number of hydrogen-bond acceptors (Lipinski definition) is 2. The largest absolute Gasteiger partial charge is 0.494 e. The minimum absolute atomic E-state index is 0.0193. The molecule has 0 aromatic rings. The van der Waals surface area contributed by atoms with Crippen molar-refractivity contribution < 1.29 is 27.4 Å². The summed E-state index contributed by atoms with van der Waals surface area (Å²) in [7, 11) is 1.18. The molecule has 0 rings (SSSR count). The maximum atomic E-state index is 14.6. The average Bonchev–Trinajstić information content (AvgIpc) is 2.76. The highest BCUT2D eigenvalue weighted by atomic mass is 19.2. The van der Waals surface area contributed by atoms with Gasteiger partial charge in [-0.1, -0.05) is 47.1 Å². The van der Waals surface area contributed by atoms with E-state index in [0.717, 1.165) is 0 Å². The van der Waals surface area contributed by atoms with Crippen LogP contribution in [0.3, 0.4) is 0 Å². The van der Waals surface area contributed by atoms with E-state index in [-0.39, 0.29) is 22.6 Å². The van der Waals surface area contributed by atoms with E-state index in [1.54, 1.807) is 27.7 Å². The zero-order valence-electron chi connectivity index (χ0n) is 19.3. The van der Waals surface area contributed by atoms with Crippen LogP contribution in [0.4, 0.5) is 17.6 Å². The number of halogens is 4. The third-order valence-electron chi connectivity index (χ3n) is 5.56. The second-order valence-electron chi connectivity index (χ2n) is 8.17. The van der Waals surface area contributed by atoms with Crippen LogP contribution < -0.4 is 0 Å². The second kappa shape index (κ2) is 13.4. The monoisotopic (exact) mass is 444 g/mol. The molecule has 0 aromatic carbocycles. The first-order valence-electron chi connectivity index (χ1n) is 10.3. The first-order chi connectivity index (χ1) is 14.3. The molecule has 4 unspecified atom stereocenters. The fourth-order valence-corrected chi connectivity index (χ4v) is 2.80. The molecule has 0 aliphatic carbocycles. The number of methoxy groups -OCH3 is 1. The van der Waals surface area contributed by atoms with Crippen molar-refractivity contribution in [1.82, 2.24) is 0 Å². The first-order valence-corrected chi connectivity index (χ1v) is 10.3. The van der Waals surface area contributed by atoms with Gasteiger partial charge in [0.05, 0.1) is 13.2 Å². The number of allylic oxidation sites excluding steroid dienone is 7. The van der Waals surface area contributed by atoms with Gasteiger partial charge in [-0.3, -0.25) is 0 Å². The van der Waals surface area contributed by atoms with Crippen LogP contribution in [0.1, 0.15) is 53.4 Å². The Labute approximate surface area is 184 Å². The lowest BCUT2D eigenvalue weighted by molar-refractivity contribution is 0.177. The van der Waals surface area contributed by atoms with Crippen LogP contribution in [0.5, 0.6) is 0 Å². The standard InChI is InChI=1S/C25H36F4O2/c1-14(10-11-15(2)20(7)24(28)25(29)21(8)31-9)18(5)22(26)23(27)19(6)16(3)12-13-17(4)30/h14-17,30H,5-8,10-13H2,1-4,9H3/b23-22-,25-24-. The van der Waals surface area contributed by atoms with Crippen molar-refractivity contribution >= 4 is 0 Å². The Morgan fingerprint density at radius 1 is 0.645 bits per heavy atom. The molecule has 0 spiro atoms. The molecule has 0 amide bonds. The smallest absolute Gasteiger partial charge is 0.200 e. The Hall–Kier alpha value is -2.08. The van der Waals surface area contributed by atoms with Crippen molar-refractivity contribution in [2.45, 2.75) is 59.5 Å². The molecule has 2 nitrogen and oxygen atoms in total. The molecule has 1 N–H and O–H groups in total. The lowest BCUT2D eigenvalue weighted by atomic mass is 9.87. The van der Waals surface area contributed by atoms with Gasteiger partial charge in [0.15, 0.2) is 23.3 Å². The van der Waals surface area contributed by atoms with Crippen molar-refractivity contribution in [2.24, 2.45) is 17.8 Å². The molecule has 6 heteroatoms. The summed E-state index contributed by atoms with van der Waals surface area (Å²) >= 11 is 0. The van der Waals surface area contributed by atoms with Gasteiger partial charge in [-0.2, -0.15) is 4.39 Å². The summed E-state index contributed by atoms with van der Waals surface area (Å²) in [6.07, 6.45) is 1.13. The number of aliphatic hydroxyl groups is 1. The van der Waals surface area contributed by atoms with Gasteiger partial charge in [0.25, 0.3) is 0 Å². The molecular formula is C25H36F4O2. The van der Waals surface area contributed by atoms with Gasteiger partial charge in [0.2, 0.25) is 0 Å². The van der Waals surface area contributed by atoms with E-state index in [4.69, 9.17) is 0 Å². The normalized spacial score (nSPS) is 17.0. The molecule has 0 saturated heterocycles. The van der Waals surface area contributed by atoms with E-state index >= 15 is 0 Å². The van der Waals surface area contributed by atoms with Crippen molar-refractivity contribution in [2.75, 3.05) is 7.11 Å². The van der Waals surface area contributed by atoms with Gasteiger partial charge in [-0.15, -0.1) is 0 Å². The molecule has 176 valence electrons. The van der Waals surface area contributed by atoms with Crippen molar-refractivity contribution in [3.63, 3.8) is 0 Å². The van der Waals surface area contributed by atoms with Gasteiger partial charge in [-0.25, -0.2) is 13.2 Å². The van der Waals surface area contributed by atoms with Crippen molar-refractivity contribution in [3.8, 4) is 0 Å². The minimum Gasteiger partial charge on any atom is -0.494 e. The molecule has 0 aromatic heterocycles. The quantitative estimate of drug-likeness (QED) is 0.167. The van der Waals surface area contributed by atoms with Gasteiger partial charge in [0.1, 0.15) is 5.76 Å². The van der Waals surface area contributed by atoms with E-state index in [1.165, 1.54) is 7.11 Å². The number of aliphatic hydroxyl groups excluding tert-OH is 1. The maximum absolute atomic E-state index is 14.6. The highest BCUT2D eigenvalue weighted by Crippen LogP contribution is 2.35. The Morgan fingerprint density at radius 3 is 1.23 bits per heavy atom. The van der Waals surface area contributed by atoms with Crippen LogP contribution in [0.2, 0.25) is 0 Å². The molecule has 0 bridgehead atoms. The highest BCUT2D eigenvalue weighted by molar-refractivity contribution is 5.37. The van der Waals surface area contributed by atoms with E-state index in [1.807, 2.05) is 0 Å². The SMILES string of the molecule is C=C(OC)/C(F)=C(/F)C(=C)C(C)CCC(C)C(=C)/C(F)=C(/F)C(=C)C(C)CCC(C)O. The third-order valence-corrected chi connectivity index (χ3v) is 5.56. The summed E-state index contributed by atoms with van der Waals surface area (Å²) in [6.45, 7) is 20.9. The predicted molar refractivity (Wildman–Crippen MR) is 120 cm³/mol. The summed E-state index contributed by atoms with van der Waals surface area (Å²) in [4.78, 5) is 0. The summed E-state index contributed by atoms with van der Waals surface area (Å²) < 4.78 is 61.8. The predicted octanol–water partition coefficient (Wildman–Crippen LogP) is 7.97. The van der Waals surface area contributed by atoms with Crippen LogP contribution in [0, 0.1) is 17.8 Å². The Morgan fingerprint density at radius 2 is 0.935 bits per heavy atom. The summed E-state index contributed by atoms with van der Waals surface area (Å²) in [5, 5.41) is 9.35. The Bertz CT molecular complexity index is 747. The summed E-state index contributed by atoms with van der Waals surface area (Å²) in [5.41, 5.74) is -0.0560. The topological polar surface area (TPSA) is 29.5 Å². The molecule has 4 atom stereocenters. The van der Waals surface area contributed by atoms with Crippen LogP contribution in [-0.2, 0) is 4.74 Å². The van der Waals surface area contributed by atoms with Gasteiger partial charge < -0.3 is 9.84 Å². The van der Waals surface area contributed by atoms with Gasteiger partial charge in [0, 0.05) is 0 Å². The zero-order valence-corrected chi connectivity index (χ0v) is 19.3. The van der Waals surface area contributed by atoms with Crippen LogP contribution in [-0.4, -0.2) is 18.3 Å². The van der Waals surface area contributed by atoms with E-state index < -0.39 is 47.0 Å². The second-order valence-corrected chi connectivity index (χ2v) is 8.17. The van der Waals surface area contributed by atoms with E-state index in [0.29, 0.717) is 25.7 Å². The zero-order chi connectivity index (χ0) is 24.5.